The second kappa shape index (κ2) is 6.49. The summed E-state index contributed by atoms with van der Waals surface area (Å²) in [5, 5.41) is 3.41. The summed E-state index contributed by atoms with van der Waals surface area (Å²) < 4.78 is 5.89. The van der Waals surface area contributed by atoms with Gasteiger partial charge in [0.1, 0.15) is 0 Å². The largest absolute Gasteiger partial charge is 0.385 e. The van der Waals surface area contributed by atoms with E-state index in [9.17, 15) is 4.79 Å². The quantitative estimate of drug-likeness (QED) is 0.793. The molecule has 0 atom stereocenters. The molecule has 5 nitrogen and oxygen atoms in total. The molecule has 0 saturated carbocycles. The molecule has 102 valence electrons. The first-order valence-electron chi connectivity index (χ1n) is 6.14. The SMILES string of the molecule is COCCCCNC(=O)c1ccc2nc(N)sc2c1. The number of unbranched alkanes of at least 4 members (excludes halogenated alkanes) is 1. The van der Waals surface area contributed by atoms with Gasteiger partial charge in [-0.1, -0.05) is 11.3 Å². The molecule has 1 aromatic heterocycles. The molecule has 0 spiro atoms. The Balaban J connectivity index is 1.93. The molecule has 0 saturated heterocycles. The summed E-state index contributed by atoms with van der Waals surface area (Å²) in [7, 11) is 1.68. The van der Waals surface area contributed by atoms with Crippen LogP contribution < -0.4 is 11.1 Å². The molecule has 0 radical (unpaired) electrons. The van der Waals surface area contributed by atoms with Gasteiger partial charge in [0.25, 0.3) is 5.91 Å². The first kappa shape index (κ1) is 13.8. The van der Waals surface area contributed by atoms with Crippen LogP contribution in [0.3, 0.4) is 0 Å². The number of thiazole rings is 1. The van der Waals surface area contributed by atoms with E-state index in [1.54, 1.807) is 13.2 Å². The number of benzene rings is 1. The van der Waals surface area contributed by atoms with Gasteiger partial charge in [0.05, 0.1) is 10.2 Å². The Bertz CT molecular complexity index is 568. The number of nitrogen functional groups attached to an aromatic ring is 1. The van der Waals surface area contributed by atoms with Gasteiger partial charge in [-0.3, -0.25) is 4.79 Å². The number of carbonyl (C=O) groups excluding carboxylic acids is 1. The van der Waals surface area contributed by atoms with Gasteiger partial charge in [-0.05, 0) is 31.0 Å². The number of methoxy groups -OCH3 is 1. The van der Waals surface area contributed by atoms with Crippen molar-refractivity contribution in [1.29, 1.82) is 0 Å². The van der Waals surface area contributed by atoms with Crippen LogP contribution in [0, 0.1) is 0 Å². The second-order valence-electron chi connectivity index (χ2n) is 4.19. The topological polar surface area (TPSA) is 77.2 Å². The predicted molar refractivity (Wildman–Crippen MR) is 77.5 cm³/mol. The van der Waals surface area contributed by atoms with Crippen LogP contribution in [0.5, 0.6) is 0 Å². The molecule has 3 N–H and O–H groups in total. The third kappa shape index (κ3) is 3.65. The third-order valence-corrected chi connectivity index (χ3v) is 3.58. The minimum absolute atomic E-state index is 0.0636. The number of nitrogens with zero attached hydrogens (tertiary/aromatic N) is 1. The lowest BCUT2D eigenvalue weighted by molar-refractivity contribution is 0.0951. The normalized spacial score (nSPS) is 10.8. The highest BCUT2D eigenvalue weighted by molar-refractivity contribution is 7.22. The molecule has 0 unspecified atom stereocenters. The van der Waals surface area contributed by atoms with Crippen molar-refractivity contribution in [2.75, 3.05) is 26.0 Å². The number of nitrogens with two attached hydrogens (primary N) is 1. The third-order valence-electron chi connectivity index (χ3n) is 2.73. The van der Waals surface area contributed by atoms with Crippen molar-refractivity contribution in [2.24, 2.45) is 0 Å². The molecule has 19 heavy (non-hydrogen) atoms. The Labute approximate surface area is 115 Å². The summed E-state index contributed by atoms with van der Waals surface area (Å²) >= 11 is 1.39. The first-order valence-corrected chi connectivity index (χ1v) is 6.95. The van der Waals surface area contributed by atoms with Gasteiger partial charge in [0.15, 0.2) is 5.13 Å². The zero-order valence-corrected chi connectivity index (χ0v) is 11.6. The fraction of sp³-hybridized carbons (Fsp3) is 0.385. The maximum atomic E-state index is 11.9. The van der Waals surface area contributed by atoms with Crippen LogP contribution in [-0.4, -0.2) is 31.2 Å². The van der Waals surface area contributed by atoms with E-state index in [0.717, 1.165) is 29.7 Å². The van der Waals surface area contributed by atoms with Gasteiger partial charge in [0.2, 0.25) is 0 Å². The average molecular weight is 279 g/mol. The molecule has 2 aromatic rings. The maximum absolute atomic E-state index is 11.9. The smallest absolute Gasteiger partial charge is 0.251 e. The van der Waals surface area contributed by atoms with Crippen LogP contribution in [0.2, 0.25) is 0 Å². The van der Waals surface area contributed by atoms with E-state index in [1.807, 2.05) is 12.1 Å². The maximum Gasteiger partial charge on any atom is 0.251 e. The van der Waals surface area contributed by atoms with Gasteiger partial charge >= 0.3 is 0 Å². The highest BCUT2D eigenvalue weighted by Gasteiger charge is 2.08. The Morgan fingerprint density at radius 2 is 2.32 bits per heavy atom. The zero-order valence-electron chi connectivity index (χ0n) is 10.8. The van der Waals surface area contributed by atoms with Crippen LogP contribution in [0.1, 0.15) is 23.2 Å². The van der Waals surface area contributed by atoms with E-state index in [2.05, 4.69) is 10.3 Å². The number of anilines is 1. The van der Waals surface area contributed by atoms with Gasteiger partial charge < -0.3 is 15.8 Å². The van der Waals surface area contributed by atoms with Gasteiger partial charge in [-0.2, -0.15) is 0 Å². The summed E-state index contributed by atoms with van der Waals surface area (Å²) in [6, 6.07) is 5.42. The van der Waals surface area contributed by atoms with Crippen LogP contribution in [0.25, 0.3) is 10.2 Å². The number of aromatic nitrogens is 1. The fourth-order valence-electron chi connectivity index (χ4n) is 1.76. The standard InChI is InChI=1S/C13H17N3O2S/c1-18-7-3-2-6-15-12(17)9-4-5-10-11(8-9)19-13(14)16-10/h4-5,8H,2-3,6-7H2,1H3,(H2,14,16)(H,15,17). The van der Waals surface area contributed by atoms with E-state index in [-0.39, 0.29) is 5.91 Å². The summed E-state index contributed by atoms with van der Waals surface area (Å²) in [4.78, 5) is 16.1. The van der Waals surface area contributed by atoms with Gasteiger partial charge in [0, 0.05) is 25.8 Å². The summed E-state index contributed by atoms with van der Waals surface area (Å²) in [6.45, 7) is 1.38. The zero-order chi connectivity index (χ0) is 13.7. The highest BCUT2D eigenvalue weighted by Crippen LogP contribution is 2.24. The summed E-state index contributed by atoms with van der Waals surface area (Å²) in [5.41, 5.74) is 7.11. The van der Waals surface area contributed by atoms with Crippen LogP contribution >= 0.6 is 11.3 Å². The fourth-order valence-corrected chi connectivity index (χ4v) is 2.53. The van der Waals surface area contributed by atoms with E-state index in [1.165, 1.54) is 11.3 Å². The molecule has 1 aromatic carbocycles. The van der Waals surface area contributed by atoms with Crippen molar-refractivity contribution in [1.82, 2.24) is 10.3 Å². The van der Waals surface area contributed by atoms with Crippen LogP contribution in [-0.2, 0) is 4.74 Å². The van der Waals surface area contributed by atoms with Crippen molar-refractivity contribution in [3.8, 4) is 0 Å². The number of rotatable bonds is 6. The van der Waals surface area contributed by atoms with Gasteiger partial charge in [-0.15, -0.1) is 0 Å². The molecule has 1 amide bonds. The summed E-state index contributed by atoms with van der Waals surface area (Å²) in [6.07, 6.45) is 1.86. The van der Waals surface area contributed by atoms with Crippen molar-refractivity contribution in [3.05, 3.63) is 23.8 Å². The highest BCUT2D eigenvalue weighted by atomic mass is 32.1. The molecule has 1 heterocycles. The van der Waals surface area contributed by atoms with Crippen molar-refractivity contribution < 1.29 is 9.53 Å². The number of amides is 1. The van der Waals surface area contributed by atoms with Crippen LogP contribution in [0.15, 0.2) is 18.2 Å². The Morgan fingerprint density at radius 3 is 3.11 bits per heavy atom. The van der Waals surface area contributed by atoms with E-state index in [4.69, 9.17) is 10.5 Å². The molecular weight excluding hydrogens is 262 g/mol. The van der Waals surface area contributed by atoms with Crippen molar-refractivity contribution >= 4 is 32.6 Å². The average Bonchev–Trinajstić information content (AvgIpc) is 2.77. The lowest BCUT2D eigenvalue weighted by Gasteiger charge is -2.04. The molecule has 0 aliphatic heterocycles. The van der Waals surface area contributed by atoms with Crippen LogP contribution in [0.4, 0.5) is 5.13 Å². The molecule has 6 heteroatoms. The number of fused-ring (bicyclic) bond motifs is 1. The minimum Gasteiger partial charge on any atom is -0.385 e. The molecule has 2 rings (SSSR count). The minimum atomic E-state index is -0.0636. The van der Waals surface area contributed by atoms with E-state index in [0.29, 0.717) is 17.2 Å². The molecule has 0 bridgehead atoms. The number of carbonyl (C=O) groups is 1. The molecular formula is C13H17N3O2S. The van der Waals surface area contributed by atoms with E-state index < -0.39 is 0 Å². The van der Waals surface area contributed by atoms with Crippen molar-refractivity contribution in [3.63, 3.8) is 0 Å². The molecule has 0 aliphatic carbocycles. The Morgan fingerprint density at radius 1 is 1.47 bits per heavy atom. The first-order chi connectivity index (χ1) is 9.20. The second-order valence-corrected chi connectivity index (χ2v) is 5.25. The predicted octanol–water partition coefficient (Wildman–Crippen LogP) is 2.03. The molecule has 0 aliphatic rings. The van der Waals surface area contributed by atoms with E-state index >= 15 is 0 Å². The van der Waals surface area contributed by atoms with Gasteiger partial charge in [-0.25, -0.2) is 4.98 Å². The Kier molecular flexibility index (Phi) is 4.70. The number of hydrogen-bond acceptors (Lipinski definition) is 5. The number of nitrogens with one attached hydrogen (secondary N) is 1. The van der Waals surface area contributed by atoms with Crippen molar-refractivity contribution in [2.45, 2.75) is 12.8 Å². The lowest BCUT2D eigenvalue weighted by Crippen LogP contribution is -2.24. The summed E-state index contributed by atoms with van der Waals surface area (Å²) in [5.74, 6) is -0.0636. The number of hydrogen-bond donors (Lipinski definition) is 2. The number of ether oxygens (including phenoxy) is 1. The molecule has 0 fully saturated rings. The Hall–Kier alpha value is -1.66. The lowest BCUT2D eigenvalue weighted by atomic mass is 10.2. The monoisotopic (exact) mass is 279 g/mol.